The summed E-state index contributed by atoms with van der Waals surface area (Å²) in [7, 11) is 0. The first-order valence-electron chi connectivity index (χ1n) is 7.05. The number of fused-ring (bicyclic) bond motifs is 3. The molecule has 3 heterocycles. The van der Waals surface area contributed by atoms with Crippen molar-refractivity contribution >= 4 is 11.2 Å². The minimum atomic E-state index is 0.309. The average Bonchev–Trinajstić information content (AvgIpc) is 2.76. The van der Waals surface area contributed by atoms with Crippen molar-refractivity contribution in [2.24, 2.45) is 0 Å². The van der Waals surface area contributed by atoms with Crippen LogP contribution >= 0.6 is 0 Å². The molecule has 2 aliphatic rings. The summed E-state index contributed by atoms with van der Waals surface area (Å²) in [5.41, 5.74) is 1.96. The molecule has 1 aliphatic carbocycles. The fourth-order valence-corrected chi connectivity index (χ4v) is 2.89. The zero-order valence-electron chi connectivity index (χ0n) is 10.9. The first-order chi connectivity index (χ1) is 9.42. The lowest BCUT2D eigenvalue weighted by Crippen LogP contribution is -2.41. The molecule has 0 aromatic carbocycles. The second-order valence-corrected chi connectivity index (χ2v) is 5.45. The number of aromatic nitrogens is 3. The van der Waals surface area contributed by atoms with Gasteiger partial charge in [0.1, 0.15) is 17.9 Å². The Morgan fingerprint density at radius 2 is 2.37 bits per heavy atom. The molecule has 5 heteroatoms. The third kappa shape index (κ3) is 1.93. The maximum atomic E-state index is 5.67. The smallest absolute Gasteiger partial charge is 0.160 e. The van der Waals surface area contributed by atoms with Crippen molar-refractivity contribution in [1.29, 1.82) is 0 Å². The first-order valence-corrected chi connectivity index (χ1v) is 7.05. The van der Waals surface area contributed by atoms with Gasteiger partial charge in [0.25, 0.3) is 0 Å². The number of pyridine rings is 1. The van der Waals surface area contributed by atoms with Gasteiger partial charge in [0, 0.05) is 18.8 Å². The molecule has 1 unspecified atom stereocenters. The van der Waals surface area contributed by atoms with Crippen LogP contribution in [0, 0.1) is 0 Å². The zero-order valence-corrected chi connectivity index (χ0v) is 10.9. The van der Waals surface area contributed by atoms with Crippen molar-refractivity contribution in [3.63, 3.8) is 0 Å². The van der Waals surface area contributed by atoms with Crippen LogP contribution in [0.15, 0.2) is 18.3 Å². The molecule has 1 atom stereocenters. The molecule has 5 nitrogen and oxygen atoms in total. The summed E-state index contributed by atoms with van der Waals surface area (Å²) in [5, 5.41) is 3.63. The van der Waals surface area contributed by atoms with Crippen LogP contribution in [0.3, 0.4) is 0 Å². The largest absolute Gasteiger partial charge is 0.371 e. The molecule has 100 valence electrons. The minimum Gasteiger partial charge on any atom is -0.371 e. The van der Waals surface area contributed by atoms with Gasteiger partial charge in [-0.05, 0) is 25.0 Å². The molecule has 0 radical (unpaired) electrons. The number of hydrogen-bond acceptors (Lipinski definition) is 4. The van der Waals surface area contributed by atoms with E-state index < -0.39 is 0 Å². The summed E-state index contributed by atoms with van der Waals surface area (Å²) in [4.78, 5) is 9.10. The van der Waals surface area contributed by atoms with E-state index in [4.69, 9.17) is 4.74 Å². The Labute approximate surface area is 112 Å². The number of rotatable bonds is 3. The van der Waals surface area contributed by atoms with Crippen molar-refractivity contribution in [1.82, 2.24) is 19.9 Å². The van der Waals surface area contributed by atoms with Crippen LogP contribution in [-0.2, 0) is 11.3 Å². The maximum absolute atomic E-state index is 5.67. The van der Waals surface area contributed by atoms with Gasteiger partial charge in [0.05, 0.1) is 12.6 Å². The van der Waals surface area contributed by atoms with Crippen LogP contribution in [0.2, 0.25) is 0 Å². The van der Waals surface area contributed by atoms with Crippen LogP contribution in [0.5, 0.6) is 0 Å². The highest BCUT2D eigenvalue weighted by Crippen LogP contribution is 2.25. The highest BCUT2D eigenvalue weighted by Gasteiger charge is 2.26. The lowest BCUT2D eigenvalue weighted by Gasteiger charge is -2.31. The molecule has 1 saturated carbocycles. The van der Waals surface area contributed by atoms with E-state index in [-0.39, 0.29) is 0 Å². The summed E-state index contributed by atoms with van der Waals surface area (Å²) >= 11 is 0. The van der Waals surface area contributed by atoms with Gasteiger partial charge in [-0.2, -0.15) is 0 Å². The molecule has 0 amide bonds. The molecular weight excluding hydrogens is 240 g/mol. The number of nitrogens with zero attached hydrogens (tertiary/aromatic N) is 3. The van der Waals surface area contributed by atoms with Gasteiger partial charge in [0.15, 0.2) is 5.65 Å². The Hall–Kier alpha value is -1.46. The molecule has 2 aromatic rings. The van der Waals surface area contributed by atoms with Crippen LogP contribution < -0.4 is 5.32 Å². The Kier molecular flexibility index (Phi) is 2.74. The zero-order chi connectivity index (χ0) is 12.7. The molecule has 1 N–H and O–H groups in total. The van der Waals surface area contributed by atoms with E-state index in [0.29, 0.717) is 18.7 Å². The van der Waals surface area contributed by atoms with Crippen molar-refractivity contribution in [2.45, 2.75) is 38.0 Å². The Bertz CT molecular complexity index is 590. The molecule has 19 heavy (non-hydrogen) atoms. The van der Waals surface area contributed by atoms with Gasteiger partial charge in [-0.15, -0.1) is 0 Å². The molecule has 1 aliphatic heterocycles. The molecule has 2 aromatic heterocycles. The van der Waals surface area contributed by atoms with E-state index in [1.165, 1.54) is 19.3 Å². The normalized spacial score (nSPS) is 23.3. The van der Waals surface area contributed by atoms with E-state index in [9.17, 15) is 0 Å². The van der Waals surface area contributed by atoms with Crippen LogP contribution in [-0.4, -0.2) is 33.7 Å². The van der Waals surface area contributed by atoms with Crippen molar-refractivity contribution in [2.75, 3.05) is 13.2 Å². The fraction of sp³-hybridized carbons (Fsp3) is 0.571. The van der Waals surface area contributed by atoms with Gasteiger partial charge < -0.3 is 14.6 Å². The van der Waals surface area contributed by atoms with Crippen molar-refractivity contribution in [3.8, 4) is 0 Å². The summed E-state index contributed by atoms with van der Waals surface area (Å²) in [6, 6.07) is 4.96. The quantitative estimate of drug-likeness (QED) is 0.909. The fourth-order valence-electron chi connectivity index (χ4n) is 2.89. The highest BCUT2D eigenvalue weighted by molar-refractivity contribution is 5.71. The number of hydrogen-bond donors (Lipinski definition) is 1. The maximum Gasteiger partial charge on any atom is 0.160 e. The molecule has 1 fully saturated rings. The summed E-state index contributed by atoms with van der Waals surface area (Å²) in [6.07, 6.45) is 5.82. The van der Waals surface area contributed by atoms with E-state index in [2.05, 4.69) is 19.9 Å². The monoisotopic (exact) mass is 258 g/mol. The first kappa shape index (κ1) is 11.4. The Morgan fingerprint density at radius 1 is 1.42 bits per heavy atom. The molecule has 4 rings (SSSR count). The number of ether oxygens (including phenoxy) is 1. The molecule has 0 bridgehead atoms. The van der Waals surface area contributed by atoms with E-state index >= 15 is 0 Å². The lowest BCUT2D eigenvalue weighted by molar-refractivity contribution is 0.0543. The summed E-state index contributed by atoms with van der Waals surface area (Å²) in [6.45, 7) is 2.28. The van der Waals surface area contributed by atoms with Gasteiger partial charge in [-0.3, -0.25) is 0 Å². The topological polar surface area (TPSA) is 52.0 Å². The standard InChI is InChI=1S/C14H18N4O/c1-3-10(4-1)16-7-11-8-19-9-13-17-12-5-2-6-15-14(12)18(11)13/h2,5-6,10-11,16H,1,3-4,7-9H2. The van der Waals surface area contributed by atoms with Gasteiger partial charge in [0.2, 0.25) is 0 Å². The van der Waals surface area contributed by atoms with Crippen LogP contribution in [0.4, 0.5) is 0 Å². The molecule has 0 spiro atoms. The van der Waals surface area contributed by atoms with E-state index in [1.54, 1.807) is 0 Å². The van der Waals surface area contributed by atoms with Crippen LogP contribution in [0.1, 0.15) is 31.1 Å². The predicted molar refractivity (Wildman–Crippen MR) is 71.9 cm³/mol. The highest BCUT2D eigenvalue weighted by atomic mass is 16.5. The second kappa shape index (κ2) is 4.58. The Morgan fingerprint density at radius 3 is 3.21 bits per heavy atom. The van der Waals surface area contributed by atoms with Gasteiger partial charge in [-0.1, -0.05) is 6.42 Å². The van der Waals surface area contributed by atoms with Crippen molar-refractivity contribution < 1.29 is 4.74 Å². The lowest BCUT2D eigenvalue weighted by atomic mass is 9.93. The SMILES string of the molecule is c1cnc2c(c1)nc1n2C(CNC2CCC2)COC1. The predicted octanol–water partition coefficient (Wildman–Crippen LogP) is 1.64. The van der Waals surface area contributed by atoms with E-state index in [0.717, 1.165) is 30.1 Å². The second-order valence-electron chi connectivity index (χ2n) is 5.45. The number of nitrogens with one attached hydrogen (secondary N) is 1. The minimum absolute atomic E-state index is 0.309. The van der Waals surface area contributed by atoms with Crippen molar-refractivity contribution in [3.05, 3.63) is 24.2 Å². The molecule has 0 saturated heterocycles. The van der Waals surface area contributed by atoms with Gasteiger partial charge >= 0.3 is 0 Å². The molecular formula is C14H18N4O. The third-order valence-corrected chi connectivity index (χ3v) is 4.18. The van der Waals surface area contributed by atoms with Gasteiger partial charge in [-0.25, -0.2) is 9.97 Å². The van der Waals surface area contributed by atoms with Crippen LogP contribution in [0.25, 0.3) is 11.2 Å². The Balaban J connectivity index is 1.64. The number of imidazole rings is 1. The average molecular weight is 258 g/mol. The summed E-state index contributed by atoms with van der Waals surface area (Å²) in [5.74, 6) is 1.00. The third-order valence-electron chi connectivity index (χ3n) is 4.18. The van der Waals surface area contributed by atoms with E-state index in [1.807, 2.05) is 18.3 Å². The summed E-state index contributed by atoms with van der Waals surface area (Å²) < 4.78 is 7.93.